The molecule has 0 fully saturated rings. The Hall–Kier alpha value is -0.600. The Morgan fingerprint density at radius 1 is 1.33 bits per heavy atom. The number of nitrogens with two attached hydrogens (primary N) is 1. The average molecular weight is 187 g/mol. The molecule has 2 N–H and O–H groups in total. The Morgan fingerprint density at radius 3 is 2.42 bits per heavy atom. The molecule has 0 spiro atoms. The number of rotatable bonds is 2. The van der Waals surface area contributed by atoms with Crippen LogP contribution in [0.5, 0.6) is 0 Å². The van der Waals surface area contributed by atoms with Crippen LogP contribution in [-0.4, -0.2) is 4.98 Å². The summed E-state index contributed by atoms with van der Waals surface area (Å²) >= 11 is 5.55. The van der Waals surface area contributed by atoms with E-state index in [1.54, 1.807) is 0 Å². The molecule has 0 saturated carbocycles. The fourth-order valence-electron chi connectivity index (χ4n) is 0.717. The van der Waals surface area contributed by atoms with Crippen molar-refractivity contribution in [2.24, 2.45) is 5.73 Å². The summed E-state index contributed by atoms with van der Waals surface area (Å²) in [7, 11) is 0. The molecular formula is C9H15ClN2. The molecule has 2 nitrogen and oxygen atoms in total. The minimum absolute atomic E-state index is 0.452. The van der Waals surface area contributed by atoms with Crippen molar-refractivity contribution in [3.8, 4) is 0 Å². The van der Waals surface area contributed by atoms with Gasteiger partial charge in [0.15, 0.2) is 0 Å². The normalized spacial score (nSPS) is 8.67. The molecule has 1 aromatic rings. The summed E-state index contributed by atoms with van der Waals surface area (Å²) in [5.74, 6) is 0.452. The lowest BCUT2D eigenvalue weighted by molar-refractivity contribution is 0.964. The lowest BCUT2D eigenvalue weighted by Crippen LogP contribution is -2.00. The molecule has 12 heavy (non-hydrogen) atoms. The summed E-state index contributed by atoms with van der Waals surface area (Å²) in [6.45, 7) is 4.48. The van der Waals surface area contributed by atoms with Crippen molar-refractivity contribution in [3.63, 3.8) is 0 Å². The van der Waals surface area contributed by atoms with E-state index >= 15 is 0 Å². The highest BCUT2D eigenvalue weighted by Crippen LogP contribution is 2.00. The van der Waals surface area contributed by atoms with Gasteiger partial charge >= 0.3 is 0 Å². The maximum atomic E-state index is 5.55. The Morgan fingerprint density at radius 2 is 1.92 bits per heavy atom. The Bertz CT molecular complexity index is 194. The van der Waals surface area contributed by atoms with Gasteiger partial charge in [-0.25, -0.2) is 0 Å². The molecule has 0 amide bonds. The van der Waals surface area contributed by atoms with Gasteiger partial charge in [0.25, 0.3) is 0 Å². The number of nitrogens with zero attached hydrogens (tertiary/aromatic N) is 1. The Labute approximate surface area is 78.8 Å². The zero-order valence-electron chi connectivity index (χ0n) is 7.55. The summed E-state index contributed by atoms with van der Waals surface area (Å²) < 4.78 is 0. The van der Waals surface area contributed by atoms with Crippen molar-refractivity contribution < 1.29 is 0 Å². The molecule has 0 saturated heterocycles. The largest absolute Gasteiger partial charge is 0.325 e. The first-order chi connectivity index (χ1) is 5.86. The molecule has 1 heterocycles. The predicted octanol–water partition coefficient (Wildman–Crippen LogP) is 2.31. The lowest BCUT2D eigenvalue weighted by Gasteiger charge is -1.96. The van der Waals surface area contributed by atoms with Crippen molar-refractivity contribution >= 4 is 11.6 Å². The summed E-state index contributed by atoms with van der Waals surface area (Å²) in [5.41, 5.74) is 7.13. The quantitative estimate of drug-likeness (QED) is 0.720. The van der Waals surface area contributed by atoms with Gasteiger partial charge in [-0.05, 0) is 12.1 Å². The first-order valence-electron chi connectivity index (χ1n) is 4.07. The predicted molar refractivity (Wildman–Crippen MR) is 53.0 cm³/mol. The van der Waals surface area contributed by atoms with Gasteiger partial charge < -0.3 is 5.73 Å². The van der Waals surface area contributed by atoms with Crippen LogP contribution >= 0.6 is 11.6 Å². The summed E-state index contributed by atoms with van der Waals surface area (Å²) in [5, 5.41) is 0. The molecule has 1 aromatic heterocycles. The number of aromatic nitrogens is 1. The van der Waals surface area contributed by atoms with Crippen molar-refractivity contribution in [1.29, 1.82) is 0 Å². The lowest BCUT2D eigenvalue weighted by atomic mass is 10.3. The second kappa shape index (κ2) is 7.07. The Balaban J connectivity index is 0.000000561. The van der Waals surface area contributed by atoms with Gasteiger partial charge in [0.2, 0.25) is 0 Å². The number of pyridine rings is 1. The van der Waals surface area contributed by atoms with Crippen LogP contribution in [-0.2, 0) is 12.4 Å². The molecule has 0 aliphatic heterocycles. The topological polar surface area (TPSA) is 38.9 Å². The highest BCUT2D eigenvalue weighted by Gasteiger charge is 1.92. The maximum absolute atomic E-state index is 5.55. The van der Waals surface area contributed by atoms with Crippen LogP contribution in [0.1, 0.15) is 25.2 Å². The fourth-order valence-corrected chi connectivity index (χ4v) is 0.866. The van der Waals surface area contributed by atoms with E-state index in [4.69, 9.17) is 17.3 Å². The van der Waals surface area contributed by atoms with Crippen molar-refractivity contribution in [1.82, 2.24) is 4.98 Å². The Kier molecular flexibility index (Phi) is 6.72. The van der Waals surface area contributed by atoms with Crippen LogP contribution in [0, 0.1) is 0 Å². The van der Waals surface area contributed by atoms with Crippen molar-refractivity contribution in [3.05, 3.63) is 29.6 Å². The summed E-state index contributed by atoms with van der Waals surface area (Å²) in [6, 6.07) is 5.68. The van der Waals surface area contributed by atoms with E-state index < -0.39 is 0 Å². The van der Waals surface area contributed by atoms with Crippen molar-refractivity contribution in [2.75, 3.05) is 0 Å². The van der Waals surface area contributed by atoms with Gasteiger partial charge in [0, 0.05) is 6.54 Å². The average Bonchev–Trinajstić information content (AvgIpc) is 2.21. The van der Waals surface area contributed by atoms with E-state index in [1.165, 1.54) is 0 Å². The third-order valence-corrected chi connectivity index (χ3v) is 1.48. The summed E-state index contributed by atoms with van der Waals surface area (Å²) in [6.07, 6.45) is 0. The molecule has 0 atom stereocenters. The van der Waals surface area contributed by atoms with E-state index in [-0.39, 0.29) is 0 Å². The molecule has 0 radical (unpaired) electrons. The van der Waals surface area contributed by atoms with Gasteiger partial charge in [0.1, 0.15) is 0 Å². The molecule has 0 aromatic carbocycles. The highest BCUT2D eigenvalue weighted by atomic mass is 35.5. The molecule has 0 aliphatic rings. The molecule has 1 rings (SSSR count). The molecular weight excluding hydrogens is 172 g/mol. The van der Waals surface area contributed by atoms with Crippen LogP contribution in [0.3, 0.4) is 0 Å². The zero-order chi connectivity index (χ0) is 9.40. The highest BCUT2D eigenvalue weighted by molar-refractivity contribution is 6.16. The first-order valence-corrected chi connectivity index (χ1v) is 4.61. The standard InChI is InChI=1S/C7H9ClN2.C2H6/c8-4-6-2-1-3-7(5-9)10-6;1-2/h1-3H,4-5,9H2;1-2H3. The van der Waals surface area contributed by atoms with Crippen LogP contribution < -0.4 is 5.73 Å². The third kappa shape index (κ3) is 3.69. The fraction of sp³-hybridized carbons (Fsp3) is 0.444. The van der Waals surface area contributed by atoms with Gasteiger partial charge in [-0.1, -0.05) is 19.9 Å². The number of alkyl halides is 1. The maximum Gasteiger partial charge on any atom is 0.0647 e. The van der Waals surface area contributed by atoms with E-state index in [0.29, 0.717) is 12.4 Å². The molecule has 68 valence electrons. The first kappa shape index (κ1) is 11.4. The van der Waals surface area contributed by atoms with Gasteiger partial charge in [-0.3, -0.25) is 4.98 Å². The van der Waals surface area contributed by atoms with Crippen LogP contribution in [0.15, 0.2) is 18.2 Å². The number of halogens is 1. The van der Waals surface area contributed by atoms with E-state index in [2.05, 4.69) is 4.98 Å². The molecule has 3 heteroatoms. The molecule has 0 unspecified atom stereocenters. The van der Waals surface area contributed by atoms with Gasteiger partial charge in [0.05, 0.1) is 17.3 Å². The van der Waals surface area contributed by atoms with E-state index in [1.807, 2.05) is 32.0 Å². The smallest absolute Gasteiger partial charge is 0.0647 e. The number of hydrogen-bond donors (Lipinski definition) is 1. The van der Waals surface area contributed by atoms with Crippen LogP contribution in [0.4, 0.5) is 0 Å². The zero-order valence-corrected chi connectivity index (χ0v) is 8.30. The minimum atomic E-state index is 0.452. The minimum Gasteiger partial charge on any atom is -0.325 e. The summed E-state index contributed by atoms with van der Waals surface area (Å²) in [4.78, 5) is 4.15. The third-order valence-electron chi connectivity index (χ3n) is 1.21. The monoisotopic (exact) mass is 186 g/mol. The van der Waals surface area contributed by atoms with Gasteiger partial charge in [-0.2, -0.15) is 0 Å². The van der Waals surface area contributed by atoms with Crippen molar-refractivity contribution in [2.45, 2.75) is 26.3 Å². The van der Waals surface area contributed by atoms with E-state index in [0.717, 1.165) is 11.4 Å². The van der Waals surface area contributed by atoms with Crippen LogP contribution in [0.25, 0.3) is 0 Å². The number of hydrogen-bond acceptors (Lipinski definition) is 2. The second-order valence-corrected chi connectivity index (χ2v) is 2.23. The second-order valence-electron chi connectivity index (χ2n) is 1.96. The SMILES string of the molecule is CC.NCc1cccc(CCl)n1. The molecule has 0 aliphatic carbocycles. The van der Waals surface area contributed by atoms with Gasteiger partial charge in [-0.15, -0.1) is 11.6 Å². The van der Waals surface area contributed by atoms with E-state index in [9.17, 15) is 0 Å². The van der Waals surface area contributed by atoms with Crippen LogP contribution in [0.2, 0.25) is 0 Å². The molecule has 0 bridgehead atoms.